The fraction of sp³-hybridized carbons (Fsp3) is 0.250. The molecule has 1 saturated heterocycles. The van der Waals surface area contributed by atoms with Crippen molar-refractivity contribution in [2.24, 2.45) is 5.41 Å². The predicted molar refractivity (Wildman–Crippen MR) is 103 cm³/mol. The molecular formula is C20H19ClN2O5. The third-order valence-electron chi connectivity index (χ3n) is 4.38. The first kappa shape index (κ1) is 19.9. The lowest BCUT2D eigenvalue weighted by Crippen LogP contribution is -2.30. The minimum atomic E-state index is -1.21. The molecule has 0 spiro atoms. The van der Waals surface area contributed by atoms with E-state index < -0.39 is 17.3 Å². The molecule has 7 nitrogen and oxygen atoms in total. The Morgan fingerprint density at radius 3 is 2.43 bits per heavy atom. The van der Waals surface area contributed by atoms with Gasteiger partial charge in [-0.25, -0.2) is 9.86 Å². The van der Waals surface area contributed by atoms with E-state index in [1.165, 1.54) is 23.3 Å². The first-order chi connectivity index (χ1) is 13.2. The zero-order chi connectivity index (χ0) is 20.5. The Balaban J connectivity index is 1.70. The topological polar surface area (TPSA) is 95.9 Å². The van der Waals surface area contributed by atoms with Crippen LogP contribution in [0.15, 0.2) is 42.5 Å². The smallest absolute Gasteiger partial charge is 0.336 e. The van der Waals surface area contributed by atoms with Gasteiger partial charge in [0.15, 0.2) is 0 Å². The van der Waals surface area contributed by atoms with Crippen LogP contribution in [-0.4, -0.2) is 34.6 Å². The van der Waals surface area contributed by atoms with Gasteiger partial charge in [0.05, 0.1) is 29.7 Å². The summed E-state index contributed by atoms with van der Waals surface area (Å²) in [6.45, 7) is 4.30. The van der Waals surface area contributed by atoms with Crippen molar-refractivity contribution in [3.63, 3.8) is 0 Å². The number of benzene rings is 2. The molecule has 2 N–H and O–H groups in total. The number of hydrogen-bond acceptors (Lipinski definition) is 4. The molecule has 1 fully saturated rings. The number of halogens is 1. The quantitative estimate of drug-likeness (QED) is 0.796. The van der Waals surface area contributed by atoms with Crippen LogP contribution in [-0.2, 0) is 16.2 Å². The molecule has 1 heterocycles. The summed E-state index contributed by atoms with van der Waals surface area (Å²) in [4.78, 5) is 41.4. The number of carboxylic acids is 1. The van der Waals surface area contributed by atoms with Gasteiger partial charge in [-0.15, -0.1) is 0 Å². The summed E-state index contributed by atoms with van der Waals surface area (Å²) in [7, 11) is 0. The lowest BCUT2D eigenvalue weighted by atomic mass is 9.95. The number of nitrogens with one attached hydrogen (secondary N) is 1. The van der Waals surface area contributed by atoms with Gasteiger partial charge in [0.2, 0.25) is 0 Å². The zero-order valence-corrected chi connectivity index (χ0v) is 16.1. The maximum Gasteiger partial charge on any atom is 0.336 e. The average molecular weight is 403 g/mol. The summed E-state index contributed by atoms with van der Waals surface area (Å²) < 4.78 is 0. The van der Waals surface area contributed by atoms with E-state index in [1.54, 1.807) is 24.3 Å². The number of carbonyl (C=O) groups is 3. The molecule has 0 bridgehead atoms. The van der Waals surface area contributed by atoms with E-state index in [0.717, 1.165) is 5.56 Å². The highest BCUT2D eigenvalue weighted by atomic mass is 35.5. The SMILES string of the molecule is CC1(C)CON(Cc2ccc(NC(=O)c3cc(Cl)ccc3C(=O)O)cc2)C1=O. The number of anilines is 1. The van der Waals surface area contributed by atoms with Crippen LogP contribution in [0.2, 0.25) is 5.02 Å². The van der Waals surface area contributed by atoms with Gasteiger partial charge >= 0.3 is 5.97 Å². The predicted octanol–water partition coefficient (Wildman–Crippen LogP) is 3.59. The number of hydrogen-bond donors (Lipinski definition) is 2. The Morgan fingerprint density at radius 2 is 1.86 bits per heavy atom. The van der Waals surface area contributed by atoms with Crippen molar-refractivity contribution in [1.82, 2.24) is 5.06 Å². The molecule has 3 rings (SSSR count). The second-order valence-corrected chi connectivity index (χ2v) is 7.58. The van der Waals surface area contributed by atoms with Gasteiger partial charge in [-0.05, 0) is 49.7 Å². The van der Waals surface area contributed by atoms with Crippen LogP contribution >= 0.6 is 11.6 Å². The molecule has 1 aliphatic rings. The van der Waals surface area contributed by atoms with Crippen molar-refractivity contribution >= 4 is 35.1 Å². The number of hydroxylamine groups is 2. The van der Waals surface area contributed by atoms with Gasteiger partial charge in [-0.2, -0.15) is 0 Å². The molecule has 8 heteroatoms. The average Bonchev–Trinajstić information content (AvgIpc) is 2.90. The molecule has 28 heavy (non-hydrogen) atoms. The summed E-state index contributed by atoms with van der Waals surface area (Å²) >= 11 is 5.89. The second kappa shape index (κ2) is 7.61. The van der Waals surface area contributed by atoms with Gasteiger partial charge in [0, 0.05) is 10.7 Å². The van der Waals surface area contributed by atoms with Gasteiger partial charge in [0.1, 0.15) is 0 Å². The molecule has 0 aromatic heterocycles. The third kappa shape index (κ3) is 4.16. The summed E-state index contributed by atoms with van der Waals surface area (Å²) in [5.74, 6) is -1.87. The number of aromatic carboxylic acids is 1. The van der Waals surface area contributed by atoms with Gasteiger partial charge < -0.3 is 10.4 Å². The minimum absolute atomic E-state index is 0.0256. The van der Waals surface area contributed by atoms with Gasteiger partial charge in [0.25, 0.3) is 11.8 Å². The number of rotatable bonds is 5. The van der Waals surface area contributed by atoms with E-state index in [-0.39, 0.29) is 22.1 Å². The highest BCUT2D eigenvalue weighted by Gasteiger charge is 2.40. The molecule has 2 aromatic carbocycles. The Kier molecular flexibility index (Phi) is 5.40. The molecule has 0 radical (unpaired) electrons. The van der Waals surface area contributed by atoms with Crippen LogP contribution in [0, 0.1) is 5.41 Å². The molecule has 0 aliphatic carbocycles. The molecule has 0 unspecified atom stereocenters. The Hall–Kier alpha value is -2.90. The first-order valence-corrected chi connectivity index (χ1v) is 8.93. The van der Waals surface area contributed by atoms with Gasteiger partial charge in [-0.3, -0.25) is 14.4 Å². The van der Waals surface area contributed by atoms with E-state index in [1.807, 2.05) is 13.8 Å². The number of carboxylic acid groups (broad SMARTS) is 1. The monoisotopic (exact) mass is 402 g/mol. The molecule has 1 aliphatic heterocycles. The standard InChI is InChI=1S/C20H19ClN2O5/c1-20(2)11-28-23(19(20)27)10-12-3-6-14(7-4-12)22-17(24)16-9-13(21)5-8-15(16)18(25)26/h3-9H,10-11H2,1-2H3,(H,22,24)(H,25,26). The first-order valence-electron chi connectivity index (χ1n) is 8.55. The lowest BCUT2D eigenvalue weighted by Gasteiger charge is -2.16. The summed E-state index contributed by atoms with van der Waals surface area (Å²) in [6, 6.07) is 10.9. The van der Waals surface area contributed by atoms with Crippen molar-refractivity contribution in [2.45, 2.75) is 20.4 Å². The Labute approximate surface area is 166 Å². The molecule has 0 saturated carbocycles. The largest absolute Gasteiger partial charge is 0.478 e. The van der Waals surface area contributed by atoms with Crippen molar-refractivity contribution in [3.8, 4) is 0 Å². The van der Waals surface area contributed by atoms with Crippen LogP contribution in [0.3, 0.4) is 0 Å². The number of carbonyl (C=O) groups excluding carboxylic acids is 2. The van der Waals surface area contributed by atoms with E-state index in [4.69, 9.17) is 16.4 Å². The minimum Gasteiger partial charge on any atom is -0.478 e. The van der Waals surface area contributed by atoms with Crippen molar-refractivity contribution in [3.05, 3.63) is 64.2 Å². The molecule has 2 aromatic rings. The maximum absolute atomic E-state index is 12.5. The van der Waals surface area contributed by atoms with E-state index in [0.29, 0.717) is 18.8 Å². The maximum atomic E-state index is 12.5. The van der Waals surface area contributed by atoms with Gasteiger partial charge in [-0.1, -0.05) is 23.7 Å². The molecular weight excluding hydrogens is 384 g/mol. The fourth-order valence-electron chi connectivity index (χ4n) is 2.76. The summed E-state index contributed by atoms with van der Waals surface area (Å²) in [5.41, 5.74) is 0.623. The highest BCUT2D eigenvalue weighted by molar-refractivity contribution is 6.31. The number of amides is 2. The third-order valence-corrected chi connectivity index (χ3v) is 4.62. The van der Waals surface area contributed by atoms with E-state index in [9.17, 15) is 19.5 Å². The zero-order valence-electron chi connectivity index (χ0n) is 15.4. The molecule has 0 atom stereocenters. The second-order valence-electron chi connectivity index (χ2n) is 7.15. The molecule has 2 amide bonds. The summed E-state index contributed by atoms with van der Waals surface area (Å²) in [6.07, 6.45) is 0. The lowest BCUT2D eigenvalue weighted by molar-refractivity contribution is -0.165. The highest BCUT2D eigenvalue weighted by Crippen LogP contribution is 2.28. The van der Waals surface area contributed by atoms with Crippen LogP contribution in [0.1, 0.15) is 40.1 Å². The van der Waals surface area contributed by atoms with E-state index in [2.05, 4.69) is 5.32 Å². The number of nitrogens with zero attached hydrogens (tertiary/aromatic N) is 1. The van der Waals surface area contributed by atoms with Crippen LogP contribution in [0.4, 0.5) is 5.69 Å². The van der Waals surface area contributed by atoms with Crippen LogP contribution in [0.25, 0.3) is 0 Å². The summed E-state index contributed by atoms with van der Waals surface area (Å²) in [5, 5.41) is 13.5. The van der Waals surface area contributed by atoms with Crippen LogP contribution < -0.4 is 5.32 Å². The molecule has 146 valence electrons. The Bertz CT molecular complexity index is 940. The van der Waals surface area contributed by atoms with Crippen molar-refractivity contribution in [1.29, 1.82) is 0 Å². The normalized spacial score (nSPS) is 15.5. The van der Waals surface area contributed by atoms with Crippen molar-refractivity contribution in [2.75, 3.05) is 11.9 Å². The fourth-order valence-corrected chi connectivity index (χ4v) is 2.94. The van der Waals surface area contributed by atoms with Crippen LogP contribution in [0.5, 0.6) is 0 Å². The van der Waals surface area contributed by atoms with E-state index >= 15 is 0 Å². The Morgan fingerprint density at radius 1 is 1.18 bits per heavy atom. The van der Waals surface area contributed by atoms with Crippen molar-refractivity contribution < 1.29 is 24.3 Å².